The zero-order valence-electron chi connectivity index (χ0n) is 16.3. The maximum Gasteiger partial charge on any atom is 0.266 e. The average Bonchev–Trinajstić information content (AvgIpc) is 2.98. The molecule has 2 aromatic heterocycles. The van der Waals surface area contributed by atoms with E-state index in [1.54, 1.807) is 22.7 Å². The van der Waals surface area contributed by atoms with Crippen LogP contribution in [0.5, 0.6) is 5.75 Å². The van der Waals surface area contributed by atoms with Crippen LogP contribution in [0.2, 0.25) is 5.02 Å². The summed E-state index contributed by atoms with van der Waals surface area (Å²) in [5, 5.41) is 5.97. The highest BCUT2D eigenvalue weighted by atomic mass is 35.5. The van der Waals surface area contributed by atoms with E-state index in [4.69, 9.17) is 16.3 Å². The number of hydrogen-bond donors (Lipinski definition) is 2. The van der Waals surface area contributed by atoms with Gasteiger partial charge in [-0.25, -0.2) is 9.50 Å². The minimum Gasteiger partial charge on any atom is -0.492 e. The van der Waals surface area contributed by atoms with Crippen molar-refractivity contribution in [3.63, 3.8) is 0 Å². The fraction of sp³-hybridized carbons (Fsp3) is 0.350. The number of anilines is 1. The monoisotopic (exact) mass is 402 g/mol. The van der Waals surface area contributed by atoms with Crippen LogP contribution in [0.15, 0.2) is 29.1 Å². The average molecular weight is 403 g/mol. The fourth-order valence-corrected chi connectivity index (χ4v) is 3.16. The second-order valence-corrected chi connectivity index (χ2v) is 7.56. The molecule has 3 rings (SSSR count). The van der Waals surface area contributed by atoms with E-state index in [0.717, 1.165) is 11.3 Å². The van der Waals surface area contributed by atoms with Crippen molar-refractivity contribution in [2.24, 2.45) is 5.92 Å². The molecule has 0 unspecified atom stereocenters. The molecule has 0 aliphatic heterocycles. The number of nitrogens with one attached hydrogen (secondary N) is 2. The van der Waals surface area contributed by atoms with Crippen molar-refractivity contribution in [2.75, 3.05) is 11.9 Å². The highest BCUT2D eigenvalue weighted by Gasteiger charge is 2.15. The van der Waals surface area contributed by atoms with Gasteiger partial charge in [-0.15, -0.1) is 0 Å². The Morgan fingerprint density at radius 1 is 1.32 bits per heavy atom. The first-order valence-electron chi connectivity index (χ1n) is 9.04. The van der Waals surface area contributed by atoms with E-state index >= 15 is 0 Å². The Hall–Kier alpha value is -2.80. The van der Waals surface area contributed by atoms with E-state index in [2.05, 4.69) is 29.2 Å². The molecule has 0 saturated carbocycles. The first-order valence-corrected chi connectivity index (χ1v) is 9.42. The van der Waals surface area contributed by atoms with Gasteiger partial charge in [0, 0.05) is 28.7 Å². The second kappa shape index (κ2) is 8.06. The Labute approximate surface area is 167 Å². The number of H-pyrrole nitrogens is 1. The van der Waals surface area contributed by atoms with Crippen LogP contribution < -0.4 is 15.6 Å². The zero-order valence-corrected chi connectivity index (χ0v) is 17.1. The van der Waals surface area contributed by atoms with Crippen molar-refractivity contribution in [1.29, 1.82) is 0 Å². The Kier molecular flexibility index (Phi) is 5.74. The van der Waals surface area contributed by atoms with E-state index in [0.29, 0.717) is 40.3 Å². The van der Waals surface area contributed by atoms with Gasteiger partial charge in [0.05, 0.1) is 18.1 Å². The zero-order chi connectivity index (χ0) is 20.4. The molecule has 8 heteroatoms. The molecule has 2 heterocycles. The predicted molar refractivity (Wildman–Crippen MR) is 109 cm³/mol. The van der Waals surface area contributed by atoms with Gasteiger partial charge in [-0.2, -0.15) is 0 Å². The lowest BCUT2D eigenvalue weighted by Crippen LogP contribution is -2.18. The molecule has 3 aromatic rings. The molecule has 0 bridgehead atoms. The third kappa shape index (κ3) is 4.36. The minimum absolute atomic E-state index is 0.129. The number of rotatable bonds is 6. The number of halogens is 1. The molecule has 1 amide bonds. The van der Waals surface area contributed by atoms with E-state index in [1.165, 1.54) is 6.07 Å². The molecule has 148 valence electrons. The first-order chi connectivity index (χ1) is 13.2. The highest BCUT2D eigenvalue weighted by molar-refractivity contribution is 6.32. The maximum absolute atomic E-state index is 12.5. The molecule has 0 radical (unpaired) electrons. The van der Waals surface area contributed by atoms with Gasteiger partial charge in [0.25, 0.3) is 5.56 Å². The molecule has 0 aliphatic rings. The number of fused-ring (bicyclic) bond motifs is 1. The van der Waals surface area contributed by atoms with Crippen molar-refractivity contribution < 1.29 is 9.53 Å². The van der Waals surface area contributed by atoms with Gasteiger partial charge in [-0.3, -0.25) is 14.7 Å². The largest absolute Gasteiger partial charge is 0.492 e. The second-order valence-electron chi connectivity index (χ2n) is 7.15. The topological polar surface area (TPSA) is 88.5 Å². The SMILES string of the molecule is Cc1nc2cc(=O)[nH]n2c(C)c1CC(=O)Nc1ccc(OCC(C)C)c(Cl)c1. The normalized spacial score (nSPS) is 11.2. The Morgan fingerprint density at radius 2 is 2.07 bits per heavy atom. The number of aryl methyl sites for hydroxylation is 2. The number of ether oxygens (including phenoxy) is 1. The molecule has 0 saturated heterocycles. The Bertz CT molecular complexity index is 1080. The summed E-state index contributed by atoms with van der Waals surface area (Å²) in [6.45, 7) is 8.35. The molecule has 0 spiro atoms. The lowest BCUT2D eigenvalue weighted by atomic mass is 10.1. The molecular formula is C20H23ClN4O3. The van der Waals surface area contributed by atoms with Crippen LogP contribution in [0.1, 0.15) is 30.8 Å². The van der Waals surface area contributed by atoms with Gasteiger partial charge in [0.2, 0.25) is 5.91 Å². The molecular weight excluding hydrogens is 380 g/mol. The Balaban J connectivity index is 1.75. The van der Waals surface area contributed by atoms with Crippen LogP contribution >= 0.6 is 11.6 Å². The summed E-state index contributed by atoms with van der Waals surface area (Å²) in [6, 6.07) is 6.59. The van der Waals surface area contributed by atoms with Crippen LogP contribution in [0.4, 0.5) is 5.69 Å². The van der Waals surface area contributed by atoms with Gasteiger partial charge < -0.3 is 10.1 Å². The summed E-state index contributed by atoms with van der Waals surface area (Å²) in [7, 11) is 0. The van der Waals surface area contributed by atoms with E-state index in [1.807, 2.05) is 13.8 Å². The number of carbonyl (C=O) groups is 1. The molecule has 1 aromatic carbocycles. The number of amides is 1. The van der Waals surface area contributed by atoms with Gasteiger partial charge >= 0.3 is 0 Å². The smallest absolute Gasteiger partial charge is 0.266 e. The summed E-state index contributed by atoms with van der Waals surface area (Å²) >= 11 is 6.25. The van der Waals surface area contributed by atoms with Crippen LogP contribution in [0, 0.1) is 19.8 Å². The van der Waals surface area contributed by atoms with Crippen LogP contribution in [0.3, 0.4) is 0 Å². The fourth-order valence-electron chi connectivity index (χ4n) is 2.93. The lowest BCUT2D eigenvalue weighted by molar-refractivity contribution is -0.115. The van der Waals surface area contributed by atoms with Crippen LogP contribution in [0.25, 0.3) is 5.65 Å². The first kappa shape index (κ1) is 19.9. The van der Waals surface area contributed by atoms with Crippen LogP contribution in [-0.4, -0.2) is 27.1 Å². The number of carbonyl (C=O) groups excluding carboxylic acids is 1. The van der Waals surface area contributed by atoms with E-state index in [-0.39, 0.29) is 17.9 Å². The molecule has 28 heavy (non-hydrogen) atoms. The molecule has 0 atom stereocenters. The van der Waals surface area contributed by atoms with Gasteiger partial charge in [-0.1, -0.05) is 25.4 Å². The predicted octanol–water partition coefficient (Wildman–Crippen LogP) is 3.51. The van der Waals surface area contributed by atoms with Gasteiger partial charge in [0.15, 0.2) is 5.65 Å². The summed E-state index contributed by atoms with van der Waals surface area (Å²) in [4.78, 5) is 28.5. The summed E-state index contributed by atoms with van der Waals surface area (Å²) < 4.78 is 7.24. The van der Waals surface area contributed by atoms with E-state index < -0.39 is 0 Å². The third-order valence-corrected chi connectivity index (χ3v) is 4.62. The summed E-state index contributed by atoms with van der Waals surface area (Å²) in [6.07, 6.45) is 0.129. The number of hydrogen-bond acceptors (Lipinski definition) is 4. The van der Waals surface area contributed by atoms with Crippen molar-refractivity contribution >= 4 is 28.8 Å². The van der Waals surface area contributed by atoms with Crippen molar-refractivity contribution in [1.82, 2.24) is 14.6 Å². The van der Waals surface area contributed by atoms with Crippen molar-refractivity contribution in [2.45, 2.75) is 34.1 Å². The van der Waals surface area contributed by atoms with E-state index in [9.17, 15) is 9.59 Å². The molecule has 0 aliphatic carbocycles. The quantitative estimate of drug-likeness (QED) is 0.660. The summed E-state index contributed by atoms with van der Waals surface area (Å²) in [5.74, 6) is 0.781. The Morgan fingerprint density at radius 3 is 2.75 bits per heavy atom. The van der Waals surface area contributed by atoms with Crippen molar-refractivity contribution in [3.8, 4) is 5.75 Å². The number of aromatic amines is 1. The molecule has 7 nitrogen and oxygen atoms in total. The minimum atomic E-state index is -0.231. The summed E-state index contributed by atoms with van der Waals surface area (Å²) in [5.41, 5.74) is 3.14. The number of aromatic nitrogens is 3. The standard InChI is InChI=1S/C20H23ClN4O3/c1-11(2)10-28-17-6-5-14(7-16(17)21)23-19(26)8-15-12(3)22-18-9-20(27)24-25(18)13(15)4/h5-7,9,11H,8,10H2,1-4H3,(H,23,26)(H,24,27). The number of nitrogens with zero attached hydrogens (tertiary/aromatic N) is 2. The third-order valence-electron chi connectivity index (χ3n) is 4.33. The van der Waals surface area contributed by atoms with Gasteiger partial charge in [-0.05, 0) is 38.0 Å². The lowest BCUT2D eigenvalue weighted by Gasteiger charge is -2.13. The van der Waals surface area contributed by atoms with Crippen molar-refractivity contribution in [3.05, 3.63) is 56.6 Å². The number of benzene rings is 1. The molecule has 2 N–H and O–H groups in total. The van der Waals surface area contributed by atoms with Gasteiger partial charge in [0.1, 0.15) is 5.75 Å². The van der Waals surface area contributed by atoms with Crippen LogP contribution in [-0.2, 0) is 11.2 Å². The molecule has 0 fully saturated rings. The maximum atomic E-state index is 12.5. The highest BCUT2D eigenvalue weighted by Crippen LogP contribution is 2.28.